The van der Waals surface area contributed by atoms with Gasteiger partial charge in [0.15, 0.2) is 0 Å². The summed E-state index contributed by atoms with van der Waals surface area (Å²) < 4.78 is 0. The van der Waals surface area contributed by atoms with E-state index in [9.17, 15) is 4.79 Å². The van der Waals surface area contributed by atoms with E-state index in [-0.39, 0.29) is 11.6 Å². The monoisotopic (exact) mass is 195 g/mol. The van der Waals surface area contributed by atoms with E-state index in [1.54, 1.807) is 4.90 Å². The molecule has 1 fully saturated rings. The SMILES string of the molecule is CCCC1(C2CC2)C(N)=NC(=O)N1C. The van der Waals surface area contributed by atoms with Crippen LogP contribution in [0.15, 0.2) is 4.99 Å². The lowest BCUT2D eigenvalue weighted by Gasteiger charge is -2.35. The zero-order valence-electron chi connectivity index (χ0n) is 8.79. The molecule has 0 aromatic heterocycles. The molecule has 0 bridgehead atoms. The predicted octanol–water partition coefficient (Wildman–Crippen LogP) is 1.36. The van der Waals surface area contributed by atoms with Crippen LogP contribution in [0, 0.1) is 5.92 Å². The van der Waals surface area contributed by atoms with Crippen LogP contribution in [0.2, 0.25) is 0 Å². The van der Waals surface area contributed by atoms with Gasteiger partial charge in [0, 0.05) is 7.05 Å². The Bertz CT molecular complexity index is 296. The first-order valence-electron chi connectivity index (χ1n) is 5.25. The number of hydrogen-bond donors (Lipinski definition) is 1. The average molecular weight is 195 g/mol. The molecular formula is C10H17N3O. The van der Waals surface area contributed by atoms with Crippen LogP contribution in [0.5, 0.6) is 0 Å². The fourth-order valence-corrected chi connectivity index (χ4v) is 2.54. The zero-order chi connectivity index (χ0) is 10.3. The number of nitrogens with zero attached hydrogens (tertiary/aromatic N) is 2. The zero-order valence-corrected chi connectivity index (χ0v) is 8.79. The van der Waals surface area contributed by atoms with Crippen molar-refractivity contribution < 1.29 is 4.79 Å². The first-order chi connectivity index (χ1) is 6.63. The maximum atomic E-state index is 11.5. The van der Waals surface area contributed by atoms with E-state index < -0.39 is 0 Å². The summed E-state index contributed by atoms with van der Waals surface area (Å²) in [4.78, 5) is 17.1. The molecule has 0 aromatic rings. The molecular weight excluding hydrogens is 178 g/mol. The Kier molecular flexibility index (Phi) is 2.01. The fraction of sp³-hybridized carbons (Fsp3) is 0.800. The van der Waals surface area contributed by atoms with Crippen molar-refractivity contribution in [2.45, 2.75) is 38.1 Å². The van der Waals surface area contributed by atoms with Crippen LogP contribution in [0.1, 0.15) is 32.6 Å². The first-order valence-corrected chi connectivity index (χ1v) is 5.25. The van der Waals surface area contributed by atoms with Crippen LogP contribution in [0.3, 0.4) is 0 Å². The number of aliphatic imine (C=N–C) groups is 1. The molecule has 4 nitrogen and oxygen atoms in total. The molecule has 14 heavy (non-hydrogen) atoms. The molecule has 0 saturated heterocycles. The minimum Gasteiger partial charge on any atom is -0.385 e. The van der Waals surface area contributed by atoms with E-state index in [0.717, 1.165) is 12.8 Å². The van der Waals surface area contributed by atoms with Gasteiger partial charge in [0.25, 0.3) is 0 Å². The maximum Gasteiger partial charge on any atom is 0.345 e. The van der Waals surface area contributed by atoms with E-state index >= 15 is 0 Å². The van der Waals surface area contributed by atoms with Crippen molar-refractivity contribution in [3.8, 4) is 0 Å². The number of hydrogen-bond acceptors (Lipinski definition) is 2. The summed E-state index contributed by atoms with van der Waals surface area (Å²) in [6, 6.07) is -0.178. The van der Waals surface area contributed by atoms with Gasteiger partial charge in [0.2, 0.25) is 0 Å². The Balaban J connectivity index is 2.33. The number of urea groups is 1. The highest BCUT2D eigenvalue weighted by Gasteiger charge is 2.55. The van der Waals surface area contributed by atoms with Gasteiger partial charge in [-0.15, -0.1) is 0 Å². The molecule has 1 atom stereocenters. The highest BCUT2D eigenvalue weighted by atomic mass is 16.2. The summed E-state index contributed by atoms with van der Waals surface area (Å²) >= 11 is 0. The maximum absolute atomic E-state index is 11.5. The Morgan fingerprint density at radius 1 is 1.64 bits per heavy atom. The van der Waals surface area contributed by atoms with Crippen LogP contribution >= 0.6 is 0 Å². The number of carbonyl (C=O) groups excluding carboxylic acids is 1. The molecule has 2 rings (SSSR count). The van der Waals surface area contributed by atoms with Gasteiger partial charge in [-0.3, -0.25) is 0 Å². The second-order valence-electron chi connectivity index (χ2n) is 4.29. The summed E-state index contributed by atoms with van der Waals surface area (Å²) in [5.41, 5.74) is 5.67. The lowest BCUT2D eigenvalue weighted by atomic mass is 9.86. The van der Waals surface area contributed by atoms with E-state index in [1.165, 1.54) is 12.8 Å². The molecule has 1 unspecified atom stereocenters. The smallest absolute Gasteiger partial charge is 0.345 e. The average Bonchev–Trinajstić information content (AvgIpc) is 2.93. The van der Waals surface area contributed by atoms with Gasteiger partial charge in [0.1, 0.15) is 11.4 Å². The van der Waals surface area contributed by atoms with Crippen LogP contribution in [-0.2, 0) is 0 Å². The van der Waals surface area contributed by atoms with Gasteiger partial charge in [0.05, 0.1) is 0 Å². The van der Waals surface area contributed by atoms with Crippen molar-refractivity contribution in [2.24, 2.45) is 16.6 Å². The Morgan fingerprint density at radius 3 is 2.64 bits per heavy atom. The molecule has 1 aliphatic carbocycles. The molecule has 0 spiro atoms. The highest BCUT2D eigenvalue weighted by molar-refractivity contribution is 6.06. The molecule has 4 heteroatoms. The van der Waals surface area contributed by atoms with Crippen molar-refractivity contribution in [3.63, 3.8) is 0 Å². The molecule has 1 heterocycles. The summed E-state index contributed by atoms with van der Waals surface area (Å²) in [5, 5.41) is 0. The Labute approximate surface area is 84.2 Å². The third-order valence-electron chi connectivity index (χ3n) is 3.43. The predicted molar refractivity (Wildman–Crippen MR) is 55.1 cm³/mol. The summed E-state index contributed by atoms with van der Waals surface area (Å²) in [6.07, 6.45) is 4.32. The first kappa shape index (κ1) is 9.49. The molecule has 0 radical (unpaired) electrons. The molecule has 1 saturated carbocycles. The van der Waals surface area contributed by atoms with E-state index in [0.29, 0.717) is 11.8 Å². The molecule has 2 aliphatic rings. The van der Waals surface area contributed by atoms with Gasteiger partial charge in [-0.2, -0.15) is 4.99 Å². The number of amides is 2. The van der Waals surface area contributed by atoms with Crippen LogP contribution in [-0.4, -0.2) is 29.4 Å². The number of rotatable bonds is 3. The van der Waals surface area contributed by atoms with Crippen LogP contribution < -0.4 is 5.73 Å². The summed E-state index contributed by atoms with van der Waals surface area (Å²) in [5.74, 6) is 1.08. The minimum absolute atomic E-state index is 0.178. The van der Waals surface area contributed by atoms with Gasteiger partial charge in [-0.05, 0) is 25.2 Å². The summed E-state index contributed by atoms with van der Waals surface area (Å²) in [7, 11) is 1.82. The summed E-state index contributed by atoms with van der Waals surface area (Å²) in [6.45, 7) is 2.12. The topological polar surface area (TPSA) is 58.7 Å². The van der Waals surface area contributed by atoms with E-state index in [4.69, 9.17) is 5.73 Å². The lowest BCUT2D eigenvalue weighted by Crippen LogP contribution is -2.54. The molecule has 2 amide bonds. The molecule has 1 aliphatic heterocycles. The number of amidine groups is 1. The van der Waals surface area contributed by atoms with Crippen molar-refractivity contribution in [1.29, 1.82) is 0 Å². The van der Waals surface area contributed by atoms with Crippen molar-refractivity contribution in [3.05, 3.63) is 0 Å². The van der Waals surface area contributed by atoms with E-state index in [1.807, 2.05) is 7.05 Å². The van der Waals surface area contributed by atoms with Gasteiger partial charge >= 0.3 is 6.03 Å². The number of likely N-dealkylation sites (N-methyl/N-ethyl adjacent to an activating group) is 1. The van der Waals surface area contributed by atoms with Gasteiger partial charge in [-0.25, -0.2) is 4.79 Å². The third kappa shape index (κ3) is 1.06. The molecule has 2 N–H and O–H groups in total. The fourth-order valence-electron chi connectivity index (χ4n) is 2.54. The number of carbonyl (C=O) groups is 1. The largest absolute Gasteiger partial charge is 0.385 e. The van der Waals surface area contributed by atoms with E-state index in [2.05, 4.69) is 11.9 Å². The quantitative estimate of drug-likeness (QED) is 0.739. The Hall–Kier alpha value is -1.06. The standard InChI is InChI=1S/C10H17N3O/c1-3-6-10(7-4-5-7)8(11)12-9(14)13(10)2/h7H,3-6H2,1-2H3,(H2,11,12,14). The van der Waals surface area contributed by atoms with Crippen molar-refractivity contribution in [1.82, 2.24) is 4.90 Å². The Morgan fingerprint density at radius 2 is 2.29 bits per heavy atom. The second kappa shape index (κ2) is 2.97. The second-order valence-corrected chi connectivity index (χ2v) is 4.29. The van der Waals surface area contributed by atoms with Crippen molar-refractivity contribution in [2.75, 3.05) is 7.05 Å². The molecule has 0 aromatic carbocycles. The van der Waals surface area contributed by atoms with Crippen molar-refractivity contribution >= 4 is 11.9 Å². The highest BCUT2D eigenvalue weighted by Crippen LogP contribution is 2.47. The minimum atomic E-state index is -0.244. The van der Waals surface area contributed by atoms with Crippen LogP contribution in [0.25, 0.3) is 0 Å². The van der Waals surface area contributed by atoms with Gasteiger partial charge < -0.3 is 10.6 Å². The number of nitrogens with two attached hydrogens (primary N) is 1. The third-order valence-corrected chi connectivity index (χ3v) is 3.43. The molecule has 78 valence electrons. The normalized spacial score (nSPS) is 32.3. The lowest BCUT2D eigenvalue weighted by molar-refractivity contribution is 0.172. The van der Waals surface area contributed by atoms with Gasteiger partial charge in [-0.1, -0.05) is 13.3 Å². The van der Waals surface area contributed by atoms with Crippen LogP contribution in [0.4, 0.5) is 4.79 Å².